The summed E-state index contributed by atoms with van der Waals surface area (Å²) in [5, 5.41) is 0. The van der Waals surface area contributed by atoms with E-state index < -0.39 is 5.69 Å². The van der Waals surface area contributed by atoms with Gasteiger partial charge in [0.05, 0.1) is 0 Å². The van der Waals surface area contributed by atoms with Crippen molar-refractivity contribution in [3.8, 4) is 0 Å². The molecule has 0 saturated heterocycles. The molecular weight excluding hydrogens is 156 g/mol. The topological polar surface area (TPSA) is 65.7 Å². The maximum atomic E-state index is 10.8. The quantitative estimate of drug-likeness (QED) is 0.629. The van der Waals surface area contributed by atoms with Crippen molar-refractivity contribution >= 4 is 0 Å². The largest absolute Gasteiger partial charge is 0.325 e. The van der Waals surface area contributed by atoms with Crippen LogP contribution in [0.25, 0.3) is 0 Å². The van der Waals surface area contributed by atoms with Gasteiger partial charge in [0.2, 0.25) is 0 Å². The lowest BCUT2D eigenvalue weighted by molar-refractivity contribution is 0.891. The Labute approximate surface area is 69.0 Å². The maximum absolute atomic E-state index is 10.8. The molecule has 2 N–H and O–H groups in total. The van der Waals surface area contributed by atoms with Crippen LogP contribution in [0.1, 0.15) is 12.1 Å². The fourth-order valence-electron chi connectivity index (χ4n) is 0.912. The van der Waals surface area contributed by atoms with Gasteiger partial charge in [0.15, 0.2) is 0 Å². The zero-order chi connectivity index (χ0) is 8.97. The predicted molar refractivity (Wildman–Crippen MR) is 46.2 cm³/mol. The second-order valence-electron chi connectivity index (χ2n) is 2.44. The lowest BCUT2D eigenvalue weighted by atomic mass is 10.2. The third-order valence-corrected chi connectivity index (χ3v) is 1.43. The first-order chi connectivity index (χ1) is 5.72. The van der Waals surface area contributed by atoms with Gasteiger partial charge in [-0.05, 0) is 12.8 Å². The second kappa shape index (κ2) is 3.71. The second-order valence-corrected chi connectivity index (χ2v) is 2.44. The Balaban J connectivity index is 2.93. The zero-order valence-electron chi connectivity index (χ0n) is 6.59. The van der Waals surface area contributed by atoms with Crippen molar-refractivity contribution in [3.63, 3.8) is 0 Å². The van der Waals surface area contributed by atoms with Gasteiger partial charge in [-0.25, -0.2) is 4.79 Å². The van der Waals surface area contributed by atoms with Crippen molar-refractivity contribution in [1.82, 2.24) is 9.97 Å². The third kappa shape index (κ3) is 2.23. The molecule has 1 aromatic rings. The van der Waals surface area contributed by atoms with Crippen molar-refractivity contribution in [2.75, 3.05) is 0 Å². The molecule has 0 amide bonds. The SMILES string of the molecule is C=CCCc1cc(=O)[nH]c(=O)[nH]1. The van der Waals surface area contributed by atoms with Crippen LogP contribution < -0.4 is 11.2 Å². The van der Waals surface area contributed by atoms with Gasteiger partial charge in [0, 0.05) is 11.8 Å². The molecule has 0 unspecified atom stereocenters. The smallest absolute Gasteiger partial charge is 0.311 e. The third-order valence-electron chi connectivity index (χ3n) is 1.43. The Bertz CT molecular complexity index is 347. The van der Waals surface area contributed by atoms with Gasteiger partial charge in [0.25, 0.3) is 5.56 Å². The molecular formula is C8H10N2O2. The number of nitrogens with one attached hydrogen (secondary N) is 2. The first-order valence-electron chi connectivity index (χ1n) is 3.66. The molecule has 0 aromatic carbocycles. The van der Waals surface area contributed by atoms with E-state index in [9.17, 15) is 9.59 Å². The van der Waals surface area contributed by atoms with E-state index in [4.69, 9.17) is 0 Å². The van der Waals surface area contributed by atoms with E-state index in [2.05, 4.69) is 16.5 Å². The fourth-order valence-corrected chi connectivity index (χ4v) is 0.912. The van der Waals surface area contributed by atoms with Crippen LogP contribution in [0.5, 0.6) is 0 Å². The Morgan fingerprint density at radius 3 is 2.75 bits per heavy atom. The molecule has 0 aliphatic carbocycles. The molecule has 64 valence electrons. The van der Waals surface area contributed by atoms with E-state index >= 15 is 0 Å². The molecule has 0 saturated carbocycles. The number of aryl methyl sites for hydroxylation is 1. The highest BCUT2D eigenvalue weighted by atomic mass is 16.2. The molecule has 0 bridgehead atoms. The van der Waals surface area contributed by atoms with E-state index in [0.29, 0.717) is 12.1 Å². The van der Waals surface area contributed by atoms with Crippen molar-refractivity contribution in [2.24, 2.45) is 0 Å². The summed E-state index contributed by atoms with van der Waals surface area (Å²) in [6.07, 6.45) is 3.13. The van der Waals surface area contributed by atoms with Crippen LogP contribution in [0.4, 0.5) is 0 Å². The minimum Gasteiger partial charge on any atom is -0.311 e. The number of aromatic nitrogens is 2. The van der Waals surface area contributed by atoms with Crippen LogP contribution in [-0.4, -0.2) is 9.97 Å². The standard InChI is InChI=1S/C8H10N2O2/c1-2-3-4-6-5-7(11)10-8(12)9-6/h2,5H,1,3-4H2,(H2,9,10,11,12). The molecule has 1 aromatic heterocycles. The monoisotopic (exact) mass is 166 g/mol. The molecule has 1 heterocycles. The molecule has 0 radical (unpaired) electrons. The van der Waals surface area contributed by atoms with E-state index in [1.54, 1.807) is 6.08 Å². The minimum atomic E-state index is -0.457. The molecule has 0 spiro atoms. The predicted octanol–water partition coefficient (Wildman–Crippen LogP) is 0.182. The molecule has 12 heavy (non-hydrogen) atoms. The number of H-pyrrole nitrogens is 2. The fraction of sp³-hybridized carbons (Fsp3) is 0.250. The number of aromatic amines is 2. The minimum absolute atomic E-state index is 0.363. The summed E-state index contributed by atoms with van der Waals surface area (Å²) in [4.78, 5) is 26.1. The number of rotatable bonds is 3. The summed E-state index contributed by atoms with van der Waals surface area (Å²) < 4.78 is 0. The average Bonchev–Trinajstić information content (AvgIpc) is 1.99. The number of hydrogen-bond acceptors (Lipinski definition) is 2. The highest BCUT2D eigenvalue weighted by Crippen LogP contribution is 1.92. The van der Waals surface area contributed by atoms with E-state index in [1.165, 1.54) is 6.07 Å². The lowest BCUT2D eigenvalue weighted by Gasteiger charge is -1.95. The first kappa shape index (κ1) is 8.52. The normalized spacial score (nSPS) is 9.67. The van der Waals surface area contributed by atoms with Crippen molar-refractivity contribution in [1.29, 1.82) is 0 Å². The van der Waals surface area contributed by atoms with Crippen LogP contribution in [0.2, 0.25) is 0 Å². The molecule has 0 fully saturated rings. The van der Waals surface area contributed by atoms with Gasteiger partial charge in [-0.15, -0.1) is 6.58 Å². The summed E-state index contributed by atoms with van der Waals surface area (Å²) >= 11 is 0. The molecule has 1 rings (SSSR count). The summed E-state index contributed by atoms with van der Waals surface area (Å²) in [7, 11) is 0. The van der Waals surface area contributed by atoms with Gasteiger partial charge >= 0.3 is 5.69 Å². The van der Waals surface area contributed by atoms with Crippen molar-refractivity contribution in [2.45, 2.75) is 12.8 Å². The summed E-state index contributed by atoms with van der Waals surface area (Å²) in [6, 6.07) is 1.38. The van der Waals surface area contributed by atoms with Gasteiger partial charge < -0.3 is 4.98 Å². The van der Waals surface area contributed by atoms with Crippen LogP contribution in [-0.2, 0) is 6.42 Å². The number of allylic oxidation sites excluding steroid dienone is 1. The zero-order valence-corrected chi connectivity index (χ0v) is 6.59. The summed E-state index contributed by atoms with van der Waals surface area (Å²) in [5.74, 6) is 0. The average molecular weight is 166 g/mol. The molecule has 0 aliphatic rings. The van der Waals surface area contributed by atoms with Gasteiger partial charge in [-0.1, -0.05) is 6.08 Å². The Hall–Kier alpha value is -1.58. The van der Waals surface area contributed by atoms with Gasteiger partial charge in [-0.3, -0.25) is 9.78 Å². The van der Waals surface area contributed by atoms with Crippen LogP contribution >= 0.6 is 0 Å². The number of hydrogen-bond donors (Lipinski definition) is 2. The Kier molecular flexibility index (Phi) is 2.63. The van der Waals surface area contributed by atoms with Crippen molar-refractivity contribution in [3.05, 3.63) is 45.3 Å². The first-order valence-corrected chi connectivity index (χ1v) is 3.66. The van der Waals surface area contributed by atoms with Crippen LogP contribution in [0.15, 0.2) is 28.3 Å². The Morgan fingerprint density at radius 1 is 1.42 bits per heavy atom. The van der Waals surface area contributed by atoms with E-state index in [1.807, 2.05) is 0 Å². The summed E-state index contributed by atoms with van der Waals surface area (Å²) in [6.45, 7) is 3.54. The van der Waals surface area contributed by atoms with Crippen LogP contribution in [0, 0.1) is 0 Å². The van der Waals surface area contributed by atoms with E-state index in [-0.39, 0.29) is 5.56 Å². The highest BCUT2D eigenvalue weighted by molar-refractivity contribution is 4.99. The molecule has 4 nitrogen and oxygen atoms in total. The van der Waals surface area contributed by atoms with E-state index in [0.717, 1.165) is 6.42 Å². The van der Waals surface area contributed by atoms with Crippen LogP contribution in [0.3, 0.4) is 0 Å². The van der Waals surface area contributed by atoms with Crippen molar-refractivity contribution < 1.29 is 0 Å². The highest BCUT2D eigenvalue weighted by Gasteiger charge is 1.94. The molecule has 0 aliphatic heterocycles. The molecule has 4 heteroatoms. The van der Waals surface area contributed by atoms with Gasteiger partial charge in [0.1, 0.15) is 0 Å². The Morgan fingerprint density at radius 2 is 2.17 bits per heavy atom. The van der Waals surface area contributed by atoms with Gasteiger partial charge in [-0.2, -0.15) is 0 Å². The molecule has 0 atom stereocenters. The maximum Gasteiger partial charge on any atom is 0.325 e. The lowest BCUT2D eigenvalue weighted by Crippen LogP contribution is -2.22. The summed E-state index contributed by atoms with van der Waals surface area (Å²) in [5.41, 5.74) is -0.178.